The van der Waals surface area contributed by atoms with E-state index in [0.29, 0.717) is 0 Å². The highest BCUT2D eigenvalue weighted by Gasteiger charge is 1.68. The van der Waals surface area contributed by atoms with Crippen molar-refractivity contribution in [2.75, 3.05) is 0 Å². The minimum atomic E-state index is 0. The van der Waals surface area contributed by atoms with Crippen LogP contribution in [-0.2, 0) is 0 Å². The SMILES string of the molecule is CC.CC(C)C.[HH]. The zero-order chi connectivity index (χ0) is 5.58. The van der Waals surface area contributed by atoms with Crippen LogP contribution in [0.5, 0.6) is 0 Å². The van der Waals surface area contributed by atoms with Crippen molar-refractivity contribution >= 4 is 0 Å². The summed E-state index contributed by atoms with van der Waals surface area (Å²) in [4.78, 5) is 0. The molecule has 0 bridgehead atoms. The lowest BCUT2D eigenvalue weighted by atomic mass is 10.3. The summed E-state index contributed by atoms with van der Waals surface area (Å²) < 4.78 is 0. The van der Waals surface area contributed by atoms with Crippen molar-refractivity contribution in [3.8, 4) is 0 Å². The Morgan fingerprint density at radius 2 is 1.00 bits per heavy atom. The summed E-state index contributed by atoms with van der Waals surface area (Å²) in [5, 5.41) is 0. The Labute approximate surface area is 43.1 Å². The predicted molar refractivity (Wildman–Crippen MR) is 34.0 cm³/mol. The van der Waals surface area contributed by atoms with Crippen molar-refractivity contribution < 1.29 is 1.43 Å². The van der Waals surface area contributed by atoms with Crippen LogP contribution in [0.3, 0.4) is 0 Å². The van der Waals surface area contributed by atoms with Crippen LogP contribution in [0.2, 0.25) is 0 Å². The van der Waals surface area contributed by atoms with Gasteiger partial charge < -0.3 is 0 Å². The fraction of sp³-hybridized carbons (Fsp3) is 1.00. The highest BCUT2D eigenvalue weighted by molar-refractivity contribution is 4.20. The Morgan fingerprint density at radius 3 is 1.00 bits per heavy atom. The molecule has 0 atom stereocenters. The number of hydrogen-bond acceptors (Lipinski definition) is 0. The molecule has 0 rings (SSSR count). The van der Waals surface area contributed by atoms with E-state index >= 15 is 0 Å². The molecule has 0 aromatic carbocycles. The molecule has 0 saturated heterocycles. The second kappa shape index (κ2) is 8.89. The molecular weight excluding hydrogens is 72.1 g/mol. The summed E-state index contributed by atoms with van der Waals surface area (Å²) >= 11 is 0. The highest BCUT2D eigenvalue weighted by Crippen LogP contribution is 1.81. The first kappa shape index (κ1) is 9.38. The first-order chi connectivity index (χ1) is 2.73. The van der Waals surface area contributed by atoms with E-state index < -0.39 is 0 Å². The fourth-order valence-corrected chi connectivity index (χ4v) is 0. The summed E-state index contributed by atoms with van der Waals surface area (Å²) in [6.45, 7) is 10.5. The summed E-state index contributed by atoms with van der Waals surface area (Å²) in [6.07, 6.45) is 0. The van der Waals surface area contributed by atoms with Crippen molar-refractivity contribution in [3.63, 3.8) is 0 Å². The fourth-order valence-electron chi connectivity index (χ4n) is 0. The molecule has 6 heavy (non-hydrogen) atoms. The molecule has 0 unspecified atom stereocenters. The van der Waals surface area contributed by atoms with Gasteiger partial charge in [-0.3, -0.25) is 0 Å². The molecule has 0 heteroatoms. The molecule has 0 nitrogen and oxygen atoms in total. The van der Waals surface area contributed by atoms with Gasteiger partial charge in [0.05, 0.1) is 0 Å². The maximum atomic E-state index is 2.17. The topological polar surface area (TPSA) is 0 Å². The van der Waals surface area contributed by atoms with Crippen LogP contribution in [-0.4, -0.2) is 0 Å². The lowest BCUT2D eigenvalue weighted by Crippen LogP contribution is -1.66. The van der Waals surface area contributed by atoms with Crippen molar-refractivity contribution in [2.45, 2.75) is 34.6 Å². The molecule has 0 spiro atoms. The average Bonchev–Trinajstić information content (AvgIpc) is 1.41. The number of rotatable bonds is 0. The average molecular weight is 90.2 g/mol. The van der Waals surface area contributed by atoms with E-state index in [0.717, 1.165) is 5.92 Å². The van der Waals surface area contributed by atoms with Crippen LogP contribution in [0.1, 0.15) is 36.0 Å². The van der Waals surface area contributed by atoms with Gasteiger partial charge in [0.1, 0.15) is 0 Å². The van der Waals surface area contributed by atoms with E-state index in [1.165, 1.54) is 0 Å². The van der Waals surface area contributed by atoms with Crippen LogP contribution >= 0.6 is 0 Å². The summed E-state index contributed by atoms with van der Waals surface area (Å²) in [7, 11) is 0. The molecule has 0 aromatic rings. The minimum Gasteiger partial charge on any atom is -0.0683 e. The van der Waals surface area contributed by atoms with Gasteiger partial charge in [-0.1, -0.05) is 34.6 Å². The summed E-state index contributed by atoms with van der Waals surface area (Å²) in [6, 6.07) is 0. The van der Waals surface area contributed by atoms with Crippen LogP contribution in [0.15, 0.2) is 0 Å². The van der Waals surface area contributed by atoms with E-state index in [4.69, 9.17) is 0 Å². The molecule has 0 aromatic heterocycles. The Bertz CT molecular complexity index is 8.90. The van der Waals surface area contributed by atoms with Crippen LogP contribution in [0, 0.1) is 5.92 Å². The van der Waals surface area contributed by atoms with Gasteiger partial charge in [-0.25, -0.2) is 0 Å². The maximum absolute atomic E-state index is 2.17. The Hall–Kier alpha value is 0. The van der Waals surface area contributed by atoms with Gasteiger partial charge in [0.25, 0.3) is 0 Å². The molecule has 0 saturated carbocycles. The lowest BCUT2D eigenvalue weighted by Gasteiger charge is -1.79. The van der Waals surface area contributed by atoms with Gasteiger partial charge in [-0.15, -0.1) is 0 Å². The molecule has 0 heterocycles. The maximum Gasteiger partial charge on any atom is 0 e. The normalized spacial score (nSPS) is 7.00. The smallest absolute Gasteiger partial charge is 0 e. The molecule has 0 aliphatic heterocycles. The van der Waals surface area contributed by atoms with Gasteiger partial charge in [-0.05, 0) is 5.92 Å². The standard InChI is InChI=1S/C4H10.C2H6.H2/c1-4(2)3;1-2;/h4H,1-3H3;1-2H3;1H. The van der Waals surface area contributed by atoms with E-state index in [1.54, 1.807) is 0 Å². The first-order valence-electron chi connectivity index (χ1n) is 2.73. The monoisotopic (exact) mass is 90.1 g/mol. The predicted octanol–water partition coefficient (Wildman–Crippen LogP) is 2.93. The van der Waals surface area contributed by atoms with Gasteiger partial charge in [0, 0.05) is 1.43 Å². The zero-order valence-electron chi connectivity index (χ0n) is 5.58. The van der Waals surface area contributed by atoms with Gasteiger partial charge in [0.2, 0.25) is 0 Å². The quantitative estimate of drug-likeness (QED) is 0.429. The van der Waals surface area contributed by atoms with Crippen molar-refractivity contribution in [2.24, 2.45) is 5.92 Å². The molecule has 0 fully saturated rings. The second-order valence-corrected chi connectivity index (χ2v) is 1.73. The van der Waals surface area contributed by atoms with Crippen molar-refractivity contribution in [3.05, 3.63) is 0 Å². The molecule has 0 aliphatic rings. The van der Waals surface area contributed by atoms with E-state index in [2.05, 4.69) is 20.8 Å². The third kappa shape index (κ3) is 0. The van der Waals surface area contributed by atoms with Gasteiger partial charge in [-0.2, -0.15) is 0 Å². The Morgan fingerprint density at radius 1 is 1.00 bits per heavy atom. The van der Waals surface area contributed by atoms with Gasteiger partial charge >= 0.3 is 0 Å². The lowest BCUT2D eigenvalue weighted by molar-refractivity contribution is 0.737. The van der Waals surface area contributed by atoms with Crippen molar-refractivity contribution in [1.82, 2.24) is 0 Å². The third-order valence-electron chi connectivity index (χ3n) is 0. The zero-order valence-corrected chi connectivity index (χ0v) is 5.58. The molecule has 0 amide bonds. The van der Waals surface area contributed by atoms with Crippen LogP contribution < -0.4 is 0 Å². The Balaban J connectivity index is -0.0000000480. The van der Waals surface area contributed by atoms with E-state index in [-0.39, 0.29) is 1.43 Å². The second-order valence-electron chi connectivity index (χ2n) is 1.73. The van der Waals surface area contributed by atoms with E-state index in [9.17, 15) is 0 Å². The summed E-state index contributed by atoms with van der Waals surface area (Å²) in [5.74, 6) is 0.833. The van der Waals surface area contributed by atoms with Crippen molar-refractivity contribution in [1.29, 1.82) is 0 Å². The van der Waals surface area contributed by atoms with Crippen LogP contribution in [0.4, 0.5) is 0 Å². The largest absolute Gasteiger partial charge is 0.0683 e. The Kier molecular flexibility index (Phi) is 13.9. The van der Waals surface area contributed by atoms with Gasteiger partial charge in [0.15, 0.2) is 0 Å². The third-order valence-corrected chi connectivity index (χ3v) is 0. The molecule has 0 radical (unpaired) electrons. The highest BCUT2D eigenvalue weighted by atomic mass is 13.7. The van der Waals surface area contributed by atoms with E-state index in [1.807, 2.05) is 13.8 Å². The van der Waals surface area contributed by atoms with Crippen LogP contribution in [0.25, 0.3) is 0 Å². The molecular formula is C6H18. The summed E-state index contributed by atoms with van der Waals surface area (Å²) in [5.41, 5.74) is 0. The minimum absolute atomic E-state index is 0. The molecule has 0 N–H and O–H groups in total. The molecule has 0 aliphatic carbocycles. The number of hydrogen-bond donors (Lipinski definition) is 0. The first-order valence-corrected chi connectivity index (χ1v) is 2.73. The molecule has 42 valence electrons.